The molecule has 0 aliphatic carbocycles. The molecule has 0 bridgehead atoms. The fourth-order valence-corrected chi connectivity index (χ4v) is 4.60. The lowest BCUT2D eigenvalue weighted by Gasteiger charge is -2.27. The first-order chi connectivity index (χ1) is 21.7. The quantitative estimate of drug-likeness (QED) is 0.190. The fourth-order valence-electron chi connectivity index (χ4n) is 4.60. The lowest BCUT2D eigenvalue weighted by atomic mass is 9.90. The van der Waals surface area contributed by atoms with E-state index < -0.39 is 46.8 Å². The van der Waals surface area contributed by atoms with Crippen LogP contribution < -0.4 is 5.32 Å². The number of nitrogens with zero attached hydrogens (tertiary/aromatic N) is 1. The first kappa shape index (κ1) is 36.7. The van der Waals surface area contributed by atoms with Gasteiger partial charge in [0.05, 0.1) is 22.5 Å². The Morgan fingerprint density at radius 2 is 1.19 bits per heavy atom. The summed E-state index contributed by atoms with van der Waals surface area (Å²) in [6, 6.07) is 16.6. The first-order valence-electron chi connectivity index (χ1n) is 15.5. The molecule has 1 amide bonds. The third kappa shape index (κ3) is 11.2. The largest absolute Gasteiger partial charge is 0.459 e. The van der Waals surface area contributed by atoms with Crippen LogP contribution in [0.25, 0.3) is 11.1 Å². The topological polar surface area (TPSA) is 130 Å². The SMILES string of the molecule is Cc1nc(C[C@H](NC(=O)OC(C)(C)C)C(=O)OCc2ccccc2)c(C(=O)OC(C)(C)C)c(-c2ccccc2)c1C(=O)OC(C)(C)C. The van der Waals surface area contributed by atoms with E-state index >= 15 is 0 Å². The number of carbonyl (C=O) groups excluding carboxylic acids is 4. The highest BCUT2D eigenvalue weighted by Crippen LogP contribution is 2.35. The van der Waals surface area contributed by atoms with Crippen LogP contribution in [-0.4, -0.2) is 51.8 Å². The molecule has 0 aliphatic rings. The minimum atomic E-state index is -1.32. The maximum atomic E-state index is 14.1. The number of amides is 1. The molecule has 0 fully saturated rings. The molecule has 252 valence electrons. The summed E-state index contributed by atoms with van der Waals surface area (Å²) in [5.41, 5.74) is -0.676. The zero-order valence-corrected chi connectivity index (χ0v) is 29.0. The molecule has 10 nitrogen and oxygen atoms in total. The number of nitrogens with one attached hydrogen (secondary N) is 1. The van der Waals surface area contributed by atoms with Gasteiger partial charge in [0.1, 0.15) is 29.5 Å². The second kappa shape index (κ2) is 14.8. The molecule has 1 atom stereocenters. The van der Waals surface area contributed by atoms with Gasteiger partial charge in [-0.05, 0) is 80.4 Å². The number of hydrogen-bond acceptors (Lipinski definition) is 9. The number of ether oxygens (including phenoxy) is 4. The van der Waals surface area contributed by atoms with Crippen LogP contribution in [0.4, 0.5) is 4.79 Å². The molecule has 0 unspecified atom stereocenters. The van der Waals surface area contributed by atoms with Crippen molar-refractivity contribution in [2.24, 2.45) is 0 Å². The van der Waals surface area contributed by atoms with Crippen molar-refractivity contribution >= 4 is 24.0 Å². The number of hydrogen-bond donors (Lipinski definition) is 1. The zero-order chi connectivity index (χ0) is 35.2. The summed E-state index contributed by atoms with van der Waals surface area (Å²) in [7, 11) is 0. The lowest BCUT2D eigenvalue weighted by Crippen LogP contribution is -2.46. The number of alkyl carbamates (subject to hydrolysis) is 1. The average molecular weight is 647 g/mol. The van der Waals surface area contributed by atoms with Gasteiger partial charge in [-0.1, -0.05) is 60.7 Å². The number of carbonyl (C=O) groups is 4. The van der Waals surface area contributed by atoms with Gasteiger partial charge in [0.2, 0.25) is 0 Å². The Morgan fingerprint density at radius 1 is 0.702 bits per heavy atom. The Bertz CT molecular complexity index is 1580. The van der Waals surface area contributed by atoms with E-state index in [-0.39, 0.29) is 41.1 Å². The molecule has 0 radical (unpaired) electrons. The van der Waals surface area contributed by atoms with Crippen molar-refractivity contribution in [3.8, 4) is 11.1 Å². The Labute approximate surface area is 277 Å². The van der Waals surface area contributed by atoms with E-state index in [4.69, 9.17) is 18.9 Å². The molecule has 3 rings (SSSR count). The summed E-state index contributed by atoms with van der Waals surface area (Å²) in [5, 5.41) is 2.60. The van der Waals surface area contributed by atoms with Crippen LogP contribution in [0.1, 0.15) is 100.0 Å². The molecule has 3 aromatic rings. The summed E-state index contributed by atoms with van der Waals surface area (Å²) in [4.78, 5) is 59.0. The van der Waals surface area contributed by atoms with Gasteiger partial charge < -0.3 is 24.3 Å². The molecule has 0 saturated heterocycles. The van der Waals surface area contributed by atoms with Gasteiger partial charge in [0, 0.05) is 12.0 Å². The molecule has 0 saturated carbocycles. The molecular formula is C37H46N2O8. The van der Waals surface area contributed by atoms with Gasteiger partial charge in [-0.3, -0.25) is 4.98 Å². The van der Waals surface area contributed by atoms with E-state index in [0.717, 1.165) is 5.56 Å². The second-order valence-electron chi connectivity index (χ2n) is 14.1. The van der Waals surface area contributed by atoms with E-state index in [1.165, 1.54) is 0 Å². The average Bonchev–Trinajstić information content (AvgIpc) is 2.93. The lowest BCUT2D eigenvalue weighted by molar-refractivity contribution is -0.147. The predicted molar refractivity (Wildman–Crippen MR) is 178 cm³/mol. The van der Waals surface area contributed by atoms with Gasteiger partial charge in [0.15, 0.2) is 0 Å². The van der Waals surface area contributed by atoms with Crippen LogP contribution in [0.2, 0.25) is 0 Å². The van der Waals surface area contributed by atoms with Gasteiger partial charge in [-0.2, -0.15) is 0 Å². The van der Waals surface area contributed by atoms with Gasteiger partial charge >= 0.3 is 24.0 Å². The maximum Gasteiger partial charge on any atom is 0.408 e. The number of esters is 3. The van der Waals surface area contributed by atoms with Crippen LogP contribution in [0.15, 0.2) is 60.7 Å². The minimum Gasteiger partial charge on any atom is -0.459 e. The van der Waals surface area contributed by atoms with Gasteiger partial charge in [-0.25, -0.2) is 19.2 Å². The molecule has 1 heterocycles. The molecule has 0 spiro atoms. The summed E-state index contributed by atoms with van der Waals surface area (Å²) >= 11 is 0. The van der Waals surface area contributed by atoms with E-state index in [1.807, 2.05) is 24.3 Å². The molecule has 1 N–H and O–H groups in total. The fraction of sp³-hybridized carbons (Fsp3) is 0.432. The Morgan fingerprint density at radius 3 is 1.70 bits per heavy atom. The number of benzene rings is 2. The molecular weight excluding hydrogens is 600 g/mol. The van der Waals surface area contributed by atoms with Gasteiger partial charge in [-0.15, -0.1) is 0 Å². The minimum absolute atomic E-state index is 0.0376. The van der Waals surface area contributed by atoms with Crippen molar-refractivity contribution in [1.29, 1.82) is 0 Å². The summed E-state index contributed by atoms with van der Waals surface area (Å²) < 4.78 is 22.6. The van der Waals surface area contributed by atoms with Crippen molar-refractivity contribution in [3.63, 3.8) is 0 Å². The van der Waals surface area contributed by atoms with Crippen LogP contribution in [0.5, 0.6) is 0 Å². The van der Waals surface area contributed by atoms with E-state index in [9.17, 15) is 19.2 Å². The highest BCUT2D eigenvalue weighted by molar-refractivity contribution is 6.07. The highest BCUT2D eigenvalue weighted by Gasteiger charge is 2.35. The normalized spacial score (nSPS) is 12.5. The molecule has 1 aromatic heterocycles. The van der Waals surface area contributed by atoms with Crippen LogP contribution in [0.3, 0.4) is 0 Å². The van der Waals surface area contributed by atoms with Crippen molar-refractivity contribution < 1.29 is 38.1 Å². The maximum absolute atomic E-state index is 14.1. The van der Waals surface area contributed by atoms with E-state index in [0.29, 0.717) is 5.56 Å². The van der Waals surface area contributed by atoms with Crippen LogP contribution in [-0.2, 0) is 36.8 Å². The smallest absolute Gasteiger partial charge is 0.408 e. The number of rotatable bonds is 9. The first-order valence-corrected chi connectivity index (χ1v) is 15.5. The second-order valence-corrected chi connectivity index (χ2v) is 14.1. The summed E-state index contributed by atoms with van der Waals surface area (Å²) in [6.45, 7) is 17.0. The van der Waals surface area contributed by atoms with E-state index in [1.54, 1.807) is 106 Å². The Kier molecular flexibility index (Phi) is 11.6. The van der Waals surface area contributed by atoms with Gasteiger partial charge in [0.25, 0.3) is 0 Å². The van der Waals surface area contributed by atoms with Crippen molar-refractivity contribution in [3.05, 3.63) is 88.7 Å². The van der Waals surface area contributed by atoms with Crippen LogP contribution in [0, 0.1) is 6.92 Å². The molecule has 10 heteroatoms. The third-order valence-corrected chi connectivity index (χ3v) is 6.32. The summed E-state index contributed by atoms with van der Waals surface area (Å²) in [5.74, 6) is -2.22. The molecule has 0 aliphatic heterocycles. The Hall–Kier alpha value is -4.73. The number of pyridine rings is 1. The van der Waals surface area contributed by atoms with Crippen LogP contribution >= 0.6 is 0 Å². The van der Waals surface area contributed by atoms with E-state index in [2.05, 4.69) is 10.3 Å². The predicted octanol–water partition coefficient (Wildman–Crippen LogP) is 7.15. The highest BCUT2D eigenvalue weighted by atomic mass is 16.6. The van der Waals surface area contributed by atoms with Crippen molar-refractivity contribution in [2.75, 3.05) is 0 Å². The standard InChI is InChI=1S/C37H46N2O8/c1-23-28(32(41)45-35(2,3)4)29(25-19-15-12-16-20-25)30(33(42)46-36(5,6)7)26(38-23)21-27(39-34(43)47-37(8,9)10)31(40)44-22-24-17-13-11-14-18-24/h11-20,27H,21-22H2,1-10H3,(H,39,43)/t27-/m0/s1. The summed E-state index contributed by atoms with van der Waals surface area (Å²) in [6.07, 6.45) is -1.14. The monoisotopic (exact) mass is 646 g/mol. The zero-order valence-electron chi connectivity index (χ0n) is 29.0. The third-order valence-electron chi connectivity index (χ3n) is 6.32. The molecule has 47 heavy (non-hydrogen) atoms. The Balaban J connectivity index is 2.24. The number of aromatic nitrogens is 1. The molecule has 2 aromatic carbocycles. The van der Waals surface area contributed by atoms with Crippen molar-refractivity contribution in [2.45, 2.75) is 105 Å². The number of aryl methyl sites for hydroxylation is 1. The van der Waals surface area contributed by atoms with Crippen molar-refractivity contribution in [1.82, 2.24) is 10.3 Å².